The molecule has 1 aromatic carbocycles. The highest BCUT2D eigenvalue weighted by atomic mass is 32.2. The summed E-state index contributed by atoms with van der Waals surface area (Å²) in [7, 11) is 0. The van der Waals surface area contributed by atoms with Crippen molar-refractivity contribution in [2.75, 3.05) is 12.3 Å². The van der Waals surface area contributed by atoms with Gasteiger partial charge in [-0.25, -0.2) is 0 Å². The molecular formula is C15H22F3NS. The van der Waals surface area contributed by atoms with Crippen molar-refractivity contribution < 1.29 is 13.2 Å². The smallest absolute Gasteiger partial charge is 0.309 e. The predicted molar refractivity (Wildman–Crippen MR) is 79.9 cm³/mol. The first-order chi connectivity index (χ1) is 9.28. The molecule has 0 heterocycles. The Balaban J connectivity index is 2.38. The van der Waals surface area contributed by atoms with Gasteiger partial charge in [0.15, 0.2) is 0 Å². The summed E-state index contributed by atoms with van der Waals surface area (Å²) < 4.78 is 36.0. The Morgan fingerprint density at radius 3 is 2.20 bits per heavy atom. The van der Waals surface area contributed by atoms with Gasteiger partial charge in [-0.2, -0.15) is 13.2 Å². The Morgan fingerprint density at radius 1 is 1.10 bits per heavy atom. The van der Waals surface area contributed by atoms with E-state index in [9.17, 15) is 13.2 Å². The van der Waals surface area contributed by atoms with Crippen molar-refractivity contribution in [3.05, 3.63) is 35.4 Å². The summed E-state index contributed by atoms with van der Waals surface area (Å²) in [6.07, 6.45) is 1.05. The molecule has 1 rings (SSSR count). The topological polar surface area (TPSA) is 12.0 Å². The molecular weight excluding hydrogens is 283 g/mol. The molecule has 0 bridgehead atoms. The quantitative estimate of drug-likeness (QED) is 0.727. The lowest BCUT2D eigenvalue weighted by Crippen LogP contribution is -2.22. The fraction of sp³-hybridized carbons (Fsp3) is 0.600. The molecule has 1 nitrogen and oxygen atoms in total. The van der Waals surface area contributed by atoms with Gasteiger partial charge in [0.25, 0.3) is 0 Å². The van der Waals surface area contributed by atoms with Crippen LogP contribution in [0.3, 0.4) is 0 Å². The Bertz CT molecular complexity index is 387. The van der Waals surface area contributed by atoms with Crippen molar-refractivity contribution in [1.82, 2.24) is 5.32 Å². The molecule has 114 valence electrons. The molecule has 1 atom stereocenters. The van der Waals surface area contributed by atoms with E-state index in [0.717, 1.165) is 12.0 Å². The summed E-state index contributed by atoms with van der Waals surface area (Å²) in [5, 5.41) is 3.11. The van der Waals surface area contributed by atoms with E-state index in [-0.39, 0.29) is 23.6 Å². The van der Waals surface area contributed by atoms with Gasteiger partial charge >= 0.3 is 5.51 Å². The fourth-order valence-corrected chi connectivity index (χ4v) is 2.43. The zero-order valence-electron chi connectivity index (χ0n) is 12.1. The van der Waals surface area contributed by atoms with Crippen LogP contribution in [-0.4, -0.2) is 17.8 Å². The SMILES string of the molecule is CC(C)Cc1ccc(C(C)NCCSC(F)(F)F)cc1. The summed E-state index contributed by atoms with van der Waals surface area (Å²) in [5.74, 6) is 0.662. The molecule has 0 aliphatic heterocycles. The molecule has 0 saturated heterocycles. The van der Waals surface area contributed by atoms with Gasteiger partial charge < -0.3 is 5.32 Å². The summed E-state index contributed by atoms with van der Waals surface area (Å²) in [6, 6.07) is 8.35. The molecule has 20 heavy (non-hydrogen) atoms. The third-order valence-electron chi connectivity index (χ3n) is 2.94. The highest BCUT2D eigenvalue weighted by Gasteiger charge is 2.27. The van der Waals surface area contributed by atoms with E-state index in [1.165, 1.54) is 5.56 Å². The van der Waals surface area contributed by atoms with Crippen LogP contribution in [0.4, 0.5) is 13.2 Å². The maximum Gasteiger partial charge on any atom is 0.441 e. The van der Waals surface area contributed by atoms with Gasteiger partial charge in [0.1, 0.15) is 0 Å². The van der Waals surface area contributed by atoms with Gasteiger partial charge in [-0.15, -0.1) is 0 Å². The predicted octanol–water partition coefficient (Wildman–Crippen LogP) is 4.79. The number of nitrogens with one attached hydrogen (secondary N) is 1. The van der Waals surface area contributed by atoms with E-state index in [1.807, 2.05) is 19.1 Å². The largest absolute Gasteiger partial charge is 0.441 e. The third-order valence-corrected chi connectivity index (χ3v) is 3.68. The molecule has 0 saturated carbocycles. The monoisotopic (exact) mass is 305 g/mol. The van der Waals surface area contributed by atoms with E-state index in [1.54, 1.807) is 0 Å². The minimum atomic E-state index is -4.14. The zero-order chi connectivity index (χ0) is 15.2. The molecule has 0 aliphatic rings. The lowest BCUT2D eigenvalue weighted by atomic mass is 10.00. The number of halogens is 3. The molecule has 0 spiro atoms. The Morgan fingerprint density at radius 2 is 1.70 bits per heavy atom. The molecule has 0 amide bonds. The van der Waals surface area contributed by atoms with Gasteiger partial charge in [0.05, 0.1) is 0 Å². The molecule has 1 aromatic rings. The highest BCUT2D eigenvalue weighted by molar-refractivity contribution is 8.00. The van der Waals surface area contributed by atoms with Crippen molar-refractivity contribution in [2.45, 2.75) is 38.7 Å². The summed E-state index contributed by atoms with van der Waals surface area (Å²) in [6.45, 7) is 6.67. The van der Waals surface area contributed by atoms with Crippen LogP contribution in [0.1, 0.15) is 37.9 Å². The average Bonchev–Trinajstić information content (AvgIpc) is 2.33. The van der Waals surface area contributed by atoms with Crippen LogP contribution in [0.2, 0.25) is 0 Å². The normalized spacial score (nSPS) is 13.8. The van der Waals surface area contributed by atoms with Crippen LogP contribution >= 0.6 is 11.8 Å². The second kappa shape index (κ2) is 7.93. The van der Waals surface area contributed by atoms with E-state index in [4.69, 9.17) is 0 Å². The van der Waals surface area contributed by atoms with Crippen LogP contribution in [0, 0.1) is 5.92 Å². The van der Waals surface area contributed by atoms with Gasteiger partial charge in [-0.05, 0) is 42.2 Å². The number of thioether (sulfide) groups is 1. The van der Waals surface area contributed by atoms with Crippen LogP contribution in [0.25, 0.3) is 0 Å². The lowest BCUT2D eigenvalue weighted by Gasteiger charge is -2.15. The second-order valence-corrected chi connectivity index (χ2v) is 6.47. The molecule has 0 radical (unpaired) electrons. The Kier molecular flexibility index (Phi) is 6.89. The summed E-state index contributed by atoms with van der Waals surface area (Å²) in [4.78, 5) is 0. The summed E-state index contributed by atoms with van der Waals surface area (Å²) in [5.41, 5.74) is -1.73. The molecule has 0 aromatic heterocycles. The van der Waals surface area contributed by atoms with Crippen molar-refractivity contribution >= 4 is 11.8 Å². The van der Waals surface area contributed by atoms with Gasteiger partial charge in [0.2, 0.25) is 0 Å². The molecule has 1 N–H and O–H groups in total. The van der Waals surface area contributed by atoms with Crippen molar-refractivity contribution in [1.29, 1.82) is 0 Å². The average molecular weight is 305 g/mol. The van der Waals surface area contributed by atoms with Gasteiger partial charge in [-0.1, -0.05) is 38.1 Å². The Hall–Kier alpha value is -0.680. The van der Waals surface area contributed by atoms with Crippen LogP contribution in [-0.2, 0) is 6.42 Å². The first kappa shape index (κ1) is 17.4. The molecule has 5 heteroatoms. The fourth-order valence-electron chi connectivity index (χ4n) is 1.97. The Labute approximate surface area is 123 Å². The maximum absolute atomic E-state index is 12.0. The minimum absolute atomic E-state index is 0.0175. The van der Waals surface area contributed by atoms with Gasteiger partial charge in [0, 0.05) is 18.3 Å². The van der Waals surface area contributed by atoms with Crippen LogP contribution < -0.4 is 5.32 Å². The van der Waals surface area contributed by atoms with Crippen molar-refractivity contribution in [3.8, 4) is 0 Å². The number of hydrogen-bond donors (Lipinski definition) is 1. The van der Waals surface area contributed by atoms with Crippen molar-refractivity contribution in [2.24, 2.45) is 5.92 Å². The number of benzene rings is 1. The summed E-state index contributed by atoms with van der Waals surface area (Å²) >= 11 is 0.0175. The van der Waals surface area contributed by atoms with Gasteiger partial charge in [-0.3, -0.25) is 0 Å². The molecule has 1 unspecified atom stereocenters. The lowest BCUT2D eigenvalue weighted by molar-refractivity contribution is -0.0327. The number of hydrogen-bond acceptors (Lipinski definition) is 2. The number of rotatable bonds is 7. The van der Waals surface area contributed by atoms with Crippen LogP contribution in [0.5, 0.6) is 0 Å². The first-order valence-electron chi connectivity index (χ1n) is 6.81. The van der Waals surface area contributed by atoms with E-state index in [0.29, 0.717) is 12.5 Å². The van der Waals surface area contributed by atoms with Crippen molar-refractivity contribution in [3.63, 3.8) is 0 Å². The first-order valence-corrected chi connectivity index (χ1v) is 7.79. The van der Waals surface area contributed by atoms with E-state index in [2.05, 4.69) is 31.3 Å². The molecule has 0 aliphatic carbocycles. The molecule has 0 fully saturated rings. The second-order valence-electron chi connectivity index (χ2n) is 5.31. The maximum atomic E-state index is 12.0. The number of alkyl halides is 3. The van der Waals surface area contributed by atoms with Crippen LogP contribution in [0.15, 0.2) is 24.3 Å². The zero-order valence-corrected chi connectivity index (χ0v) is 12.9. The standard InChI is InChI=1S/C15H22F3NS/c1-11(2)10-13-4-6-14(7-5-13)12(3)19-8-9-20-15(16,17)18/h4-7,11-12,19H,8-10H2,1-3H3. The third kappa shape index (κ3) is 7.20. The minimum Gasteiger partial charge on any atom is -0.309 e. The highest BCUT2D eigenvalue weighted by Crippen LogP contribution is 2.29. The van der Waals surface area contributed by atoms with E-state index >= 15 is 0 Å². The van der Waals surface area contributed by atoms with E-state index < -0.39 is 5.51 Å².